The highest BCUT2D eigenvalue weighted by atomic mass is 35.5. The van der Waals surface area contributed by atoms with Crippen LogP contribution in [0.1, 0.15) is 29.5 Å². The van der Waals surface area contributed by atoms with Gasteiger partial charge < -0.3 is 5.32 Å². The number of hydrogen-bond donors (Lipinski definition) is 1. The molecule has 1 N–H and O–H groups in total. The minimum absolute atomic E-state index is 0.193. The average molecular weight is 366 g/mol. The van der Waals surface area contributed by atoms with Crippen LogP contribution >= 0.6 is 23.2 Å². The molecule has 1 heterocycles. The van der Waals surface area contributed by atoms with Crippen molar-refractivity contribution in [1.29, 1.82) is 0 Å². The van der Waals surface area contributed by atoms with E-state index in [1.807, 2.05) is 12.1 Å². The number of halogens is 2. The Labute approximate surface area is 157 Å². The average Bonchev–Trinajstić information content (AvgIpc) is 3.10. The third-order valence-electron chi connectivity index (χ3n) is 5.55. The normalized spacial score (nSPS) is 24.0. The maximum absolute atomic E-state index is 6.53. The monoisotopic (exact) mass is 365 g/mol. The summed E-state index contributed by atoms with van der Waals surface area (Å²) in [6, 6.07) is 19.1. The van der Waals surface area contributed by atoms with Crippen molar-refractivity contribution in [3.05, 3.63) is 87.9 Å². The quantitative estimate of drug-likeness (QED) is 0.459. The van der Waals surface area contributed by atoms with Crippen LogP contribution in [0.4, 0.5) is 5.69 Å². The van der Waals surface area contributed by atoms with Gasteiger partial charge in [-0.1, -0.05) is 71.8 Å². The lowest BCUT2D eigenvalue weighted by atomic mass is 9.75. The van der Waals surface area contributed by atoms with Crippen LogP contribution in [0.15, 0.2) is 66.7 Å². The zero-order valence-corrected chi connectivity index (χ0v) is 15.1. The summed E-state index contributed by atoms with van der Waals surface area (Å²) in [5, 5.41) is 7.82. The van der Waals surface area contributed by atoms with Crippen LogP contribution in [0.3, 0.4) is 0 Å². The van der Waals surface area contributed by atoms with E-state index in [4.69, 9.17) is 23.2 Å². The summed E-state index contributed by atoms with van der Waals surface area (Å²) >= 11 is 12.6. The van der Waals surface area contributed by atoms with Crippen molar-refractivity contribution in [2.24, 2.45) is 5.92 Å². The first kappa shape index (κ1) is 15.3. The molecule has 1 aliphatic heterocycles. The van der Waals surface area contributed by atoms with E-state index in [1.54, 1.807) is 0 Å². The fraction of sp³-hybridized carbons (Fsp3) is 0.182. The molecular formula is C22H17Cl2N. The van der Waals surface area contributed by atoms with Crippen molar-refractivity contribution < 1.29 is 0 Å². The summed E-state index contributed by atoms with van der Waals surface area (Å²) in [7, 11) is 0. The molecule has 3 aromatic rings. The third-order valence-corrected chi connectivity index (χ3v) is 6.12. The number of benzene rings is 3. The number of nitrogens with one attached hydrogen (secondary N) is 1. The van der Waals surface area contributed by atoms with E-state index >= 15 is 0 Å². The largest absolute Gasteiger partial charge is 0.378 e. The third kappa shape index (κ3) is 2.38. The molecule has 0 amide bonds. The number of anilines is 1. The molecule has 124 valence electrons. The number of allylic oxidation sites excluding steroid dienone is 2. The van der Waals surface area contributed by atoms with E-state index in [-0.39, 0.29) is 6.04 Å². The van der Waals surface area contributed by atoms with E-state index < -0.39 is 0 Å². The fourth-order valence-corrected chi connectivity index (χ4v) is 4.97. The lowest BCUT2D eigenvalue weighted by Crippen LogP contribution is -2.29. The Balaban J connectivity index is 1.69. The lowest BCUT2D eigenvalue weighted by Gasteiger charge is -2.38. The first-order valence-corrected chi connectivity index (χ1v) is 9.38. The Morgan fingerprint density at radius 3 is 2.72 bits per heavy atom. The molecule has 3 heteroatoms. The van der Waals surface area contributed by atoms with Gasteiger partial charge in [0, 0.05) is 21.7 Å². The Bertz CT molecular complexity index is 1010. The van der Waals surface area contributed by atoms with Gasteiger partial charge in [0.2, 0.25) is 0 Å². The van der Waals surface area contributed by atoms with Gasteiger partial charge in [-0.15, -0.1) is 0 Å². The highest BCUT2D eigenvalue weighted by Crippen LogP contribution is 2.52. The van der Waals surface area contributed by atoms with Crippen molar-refractivity contribution in [1.82, 2.24) is 0 Å². The minimum atomic E-state index is 0.193. The molecule has 1 nitrogen and oxygen atoms in total. The molecule has 25 heavy (non-hydrogen) atoms. The fourth-order valence-electron chi connectivity index (χ4n) is 4.44. The van der Waals surface area contributed by atoms with Crippen LogP contribution in [0.25, 0.3) is 10.8 Å². The second kappa shape index (κ2) is 5.79. The van der Waals surface area contributed by atoms with Crippen LogP contribution in [-0.2, 0) is 0 Å². The highest BCUT2D eigenvalue weighted by molar-refractivity contribution is 6.35. The molecule has 0 fully saturated rings. The van der Waals surface area contributed by atoms with E-state index in [1.165, 1.54) is 22.0 Å². The first-order chi connectivity index (χ1) is 12.2. The molecule has 3 aromatic carbocycles. The minimum Gasteiger partial charge on any atom is -0.378 e. The second-order valence-electron chi connectivity index (χ2n) is 6.89. The van der Waals surface area contributed by atoms with E-state index in [0.717, 1.165) is 17.0 Å². The summed E-state index contributed by atoms with van der Waals surface area (Å²) in [5.74, 6) is 0.885. The Morgan fingerprint density at radius 1 is 0.960 bits per heavy atom. The zero-order valence-electron chi connectivity index (χ0n) is 13.5. The van der Waals surface area contributed by atoms with Crippen molar-refractivity contribution in [3.8, 4) is 0 Å². The highest BCUT2D eigenvalue weighted by Gasteiger charge is 2.39. The first-order valence-electron chi connectivity index (χ1n) is 8.62. The number of fused-ring (bicyclic) bond motifs is 5. The van der Waals surface area contributed by atoms with Gasteiger partial charge in [-0.25, -0.2) is 0 Å². The maximum atomic E-state index is 6.53. The van der Waals surface area contributed by atoms with Crippen LogP contribution in [0.5, 0.6) is 0 Å². The standard InChI is InChI=1S/C22H17Cl2N/c23-14-9-10-18(19(24)12-14)22-17-7-3-6-16(17)21-15-5-2-1-4-13(15)8-11-20(21)25-22/h1-6,8-12,16-17,22,25H,7H2/t16-,17-,22-/m1/s1. The van der Waals surface area contributed by atoms with Gasteiger partial charge in [0.05, 0.1) is 6.04 Å². The second-order valence-corrected chi connectivity index (χ2v) is 7.73. The zero-order chi connectivity index (χ0) is 17.0. The van der Waals surface area contributed by atoms with Gasteiger partial charge >= 0.3 is 0 Å². The number of hydrogen-bond acceptors (Lipinski definition) is 1. The smallest absolute Gasteiger partial charge is 0.0568 e. The van der Waals surface area contributed by atoms with Gasteiger partial charge in [-0.2, -0.15) is 0 Å². The van der Waals surface area contributed by atoms with Gasteiger partial charge in [-0.3, -0.25) is 0 Å². The van der Waals surface area contributed by atoms with Crippen molar-refractivity contribution >= 4 is 39.7 Å². The molecule has 2 aliphatic rings. The number of rotatable bonds is 1. The van der Waals surface area contributed by atoms with E-state index in [2.05, 4.69) is 59.9 Å². The molecule has 0 saturated carbocycles. The molecular weight excluding hydrogens is 349 g/mol. The molecule has 3 atom stereocenters. The molecule has 1 aliphatic carbocycles. The Morgan fingerprint density at radius 2 is 1.84 bits per heavy atom. The van der Waals surface area contributed by atoms with Crippen molar-refractivity contribution in [2.45, 2.75) is 18.4 Å². The molecule has 5 rings (SSSR count). The molecule has 0 saturated heterocycles. The summed E-state index contributed by atoms with van der Waals surface area (Å²) in [6.45, 7) is 0. The van der Waals surface area contributed by atoms with Crippen LogP contribution < -0.4 is 5.32 Å². The topological polar surface area (TPSA) is 12.0 Å². The predicted octanol–water partition coefficient (Wildman–Crippen LogP) is 6.97. The predicted molar refractivity (Wildman–Crippen MR) is 107 cm³/mol. The van der Waals surface area contributed by atoms with Crippen LogP contribution in [0.2, 0.25) is 10.0 Å². The summed E-state index contributed by atoms with van der Waals surface area (Å²) in [6.07, 6.45) is 5.74. The Kier molecular flexibility index (Phi) is 3.55. The molecule has 0 spiro atoms. The van der Waals surface area contributed by atoms with Gasteiger partial charge in [0.25, 0.3) is 0 Å². The van der Waals surface area contributed by atoms with Crippen molar-refractivity contribution in [3.63, 3.8) is 0 Å². The van der Waals surface area contributed by atoms with Gasteiger partial charge in [0.1, 0.15) is 0 Å². The van der Waals surface area contributed by atoms with E-state index in [9.17, 15) is 0 Å². The van der Waals surface area contributed by atoms with Gasteiger partial charge in [-0.05, 0) is 52.4 Å². The van der Waals surface area contributed by atoms with Crippen molar-refractivity contribution in [2.75, 3.05) is 5.32 Å². The SMILES string of the molecule is Clc1ccc([C@@H]2Nc3ccc4ccccc4c3[C@@H]3C=CC[C@H]32)c(Cl)c1. The summed E-state index contributed by atoms with van der Waals surface area (Å²) in [5.41, 5.74) is 3.75. The summed E-state index contributed by atoms with van der Waals surface area (Å²) < 4.78 is 0. The van der Waals surface area contributed by atoms with Gasteiger partial charge in [0.15, 0.2) is 0 Å². The molecule has 0 radical (unpaired) electrons. The molecule has 0 aromatic heterocycles. The lowest BCUT2D eigenvalue weighted by molar-refractivity contribution is 0.427. The van der Waals surface area contributed by atoms with Crippen LogP contribution in [0, 0.1) is 5.92 Å². The molecule has 0 bridgehead atoms. The Hall–Kier alpha value is -1.96. The summed E-state index contributed by atoms with van der Waals surface area (Å²) in [4.78, 5) is 0. The maximum Gasteiger partial charge on any atom is 0.0568 e. The van der Waals surface area contributed by atoms with E-state index in [0.29, 0.717) is 16.9 Å². The van der Waals surface area contributed by atoms with Crippen LogP contribution in [-0.4, -0.2) is 0 Å². The molecule has 0 unspecified atom stereocenters.